The lowest BCUT2D eigenvalue weighted by molar-refractivity contribution is -0.143. The zero-order chi connectivity index (χ0) is 25.2. The van der Waals surface area contributed by atoms with Gasteiger partial charge in [-0.15, -0.1) is 0 Å². The molecule has 0 saturated carbocycles. The van der Waals surface area contributed by atoms with Crippen LogP contribution in [0.15, 0.2) is 78.9 Å². The van der Waals surface area contributed by atoms with Gasteiger partial charge in [0.1, 0.15) is 11.8 Å². The van der Waals surface area contributed by atoms with Crippen LogP contribution in [0.1, 0.15) is 42.5 Å². The molecular weight excluding hydrogens is 436 g/mol. The Kier molecular flexibility index (Phi) is 9.47. The Morgan fingerprint density at radius 3 is 2.20 bits per heavy atom. The molecule has 0 bridgehead atoms. The van der Waals surface area contributed by atoms with Crippen molar-refractivity contribution in [3.8, 4) is 5.75 Å². The van der Waals surface area contributed by atoms with Crippen molar-refractivity contribution in [1.29, 1.82) is 0 Å². The maximum absolute atomic E-state index is 13.6. The van der Waals surface area contributed by atoms with E-state index in [1.54, 1.807) is 4.90 Å². The number of nitrogens with one attached hydrogen (secondary N) is 1. The van der Waals surface area contributed by atoms with Gasteiger partial charge in [0.15, 0.2) is 6.61 Å². The van der Waals surface area contributed by atoms with Gasteiger partial charge in [-0.05, 0) is 49.9 Å². The molecule has 0 unspecified atom stereocenters. The van der Waals surface area contributed by atoms with Crippen molar-refractivity contribution in [1.82, 2.24) is 10.2 Å². The normalized spacial score (nSPS) is 12.5. The van der Waals surface area contributed by atoms with Gasteiger partial charge >= 0.3 is 0 Å². The second kappa shape index (κ2) is 12.7. The molecule has 0 saturated heterocycles. The SMILES string of the molecule is CC[C@H](C)NC(=O)[C@@H](Cc1ccccc1)N(Cc1ccc(C)cc1)C(=O)COc1ccccc1C. The number of benzene rings is 3. The average Bonchev–Trinajstić information content (AvgIpc) is 2.87. The van der Waals surface area contributed by atoms with E-state index in [0.717, 1.165) is 28.7 Å². The highest BCUT2D eigenvalue weighted by Crippen LogP contribution is 2.19. The van der Waals surface area contributed by atoms with Crippen molar-refractivity contribution < 1.29 is 14.3 Å². The minimum atomic E-state index is -0.666. The van der Waals surface area contributed by atoms with E-state index in [-0.39, 0.29) is 24.5 Å². The maximum Gasteiger partial charge on any atom is 0.261 e. The second-order valence-electron chi connectivity index (χ2n) is 9.08. The molecule has 35 heavy (non-hydrogen) atoms. The summed E-state index contributed by atoms with van der Waals surface area (Å²) in [4.78, 5) is 28.8. The Morgan fingerprint density at radius 1 is 0.886 bits per heavy atom. The van der Waals surface area contributed by atoms with Crippen LogP contribution in [0.2, 0.25) is 0 Å². The Hall–Kier alpha value is -3.60. The highest BCUT2D eigenvalue weighted by molar-refractivity contribution is 5.88. The predicted octanol–water partition coefficient (Wildman–Crippen LogP) is 5.24. The second-order valence-corrected chi connectivity index (χ2v) is 9.08. The van der Waals surface area contributed by atoms with E-state index in [9.17, 15) is 9.59 Å². The van der Waals surface area contributed by atoms with Gasteiger partial charge in [0.2, 0.25) is 5.91 Å². The first kappa shape index (κ1) is 26.0. The molecule has 0 radical (unpaired) electrons. The minimum Gasteiger partial charge on any atom is -0.484 e. The molecule has 0 fully saturated rings. The number of hydrogen-bond acceptors (Lipinski definition) is 3. The summed E-state index contributed by atoms with van der Waals surface area (Å²) in [5.74, 6) is 0.286. The first-order valence-corrected chi connectivity index (χ1v) is 12.2. The highest BCUT2D eigenvalue weighted by atomic mass is 16.5. The molecule has 3 aromatic rings. The quantitative estimate of drug-likeness (QED) is 0.415. The van der Waals surface area contributed by atoms with Gasteiger partial charge in [-0.1, -0.05) is 85.3 Å². The zero-order valence-corrected chi connectivity index (χ0v) is 21.2. The molecule has 2 atom stereocenters. The van der Waals surface area contributed by atoms with Crippen molar-refractivity contribution in [3.63, 3.8) is 0 Å². The summed E-state index contributed by atoms with van der Waals surface area (Å²) in [6.07, 6.45) is 1.23. The van der Waals surface area contributed by atoms with Gasteiger partial charge in [-0.2, -0.15) is 0 Å². The molecule has 3 rings (SSSR count). The van der Waals surface area contributed by atoms with Crippen molar-refractivity contribution in [2.45, 2.75) is 59.2 Å². The molecular formula is C30H36N2O3. The van der Waals surface area contributed by atoms with Crippen LogP contribution >= 0.6 is 0 Å². The maximum atomic E-state index is 13.6. The number of aryl methyl sites for hydroxylation is 2. The van der Waals surface area contributed by atoms with Crippen molar-refractivity contribution in [2.24, 2.45) is 0 Å². The predicted molar refractivity (Wildman–Crippen MR) is 140 cm³/mol. The van der Waals surface area contributed by atoms with E-state index in [1.165, 1.54) is 0 Å². The summed E-state index contributed by atoms with van der Waals surface area (Å²) in [6.45, 7) is 8.16. The van der Waals surface area contributed by atoms with Crippen LogP contribution < -0.4 is 10.1 Å². The van der Waals surface area contributed by atoms with Crippen LogP contribution in [-0.2, 0) is 22.6 Å². The molecule has 0 aromatic heterocycles. The van der Waals surface area contributed by atoms with Crippen LogP contribution in [0.3, 0.4) is 0 Å². The van der Waals surface area contributed by atoms with Crippen molar-refractivity contribution in [2.75, 3.05) is 6.61 Å². The third-order valence-electron chi connectivity index (χ3n) is 6.19. The van der Waals surface area contributed by atoms with Crippen LogP contribution in [0.25, 0.3) is 0 Å². The number of carbonyl (C=O) groups is 2. The largest absolute Gasteiger partial charge is 0.484 e. The standard InChI is InChI=1S/C30H36N2O3/c1-5-24(4)31-30(34)27(19-25-12-7-6-8-13-25)32(20-26-17-15-22(2)16-18-26)29(33)21-35-28-14-10-9-11-23(28)3/h6-18,24,27H,5,19-21H2,1-4H3,(H,31,34)/t24-,27+/m0/s1. The van der Waals surface area contributed by atoms with E-state index < -0.39 is 6.04 Å². The number of ether oxygens (including phenoxy) is 1. The molecule has 0 heterocycles. The summed E-state index contributed by atoms with van der Waals surface area (Å²) in [5, 5.41) is 3.09. The lowest BCUT2D eigenvalue weighted by atomic mass is 10.0. The van der Waals surface area contributed by atoms with Gasteiger partial charge in [-0.25, -0.2) is 0 Å². The number of nitrogens with zero attached hydrogens (tertiary/aromatic N) is 1. The number of rotatable bonds is 11. The van der Waals surface area contributed by atoms with E-state index in [2.05, 4.69) is 5.32 Å². The first-order valence-electron chi connectivity index (χ1n) is 12.2. The highest BCUT2D eigenvalue weighted by Gasteiger charge is 2.31. The van der Waals surface area contributed by atoms with E-state index in [1.807, 2.05) is 107 Å². The third kappa shape index (κ3) is 7.71. The van der Waals surface area contributed by atoms with Crippen LogP contribution in [0.5, 0.6) is 5.75 Å². The summed E-state index contributed by atoms with van der Waals surface area (Å²) in [7, 11) is 0. The smallest absolute Gasteiger partial charge is 0.261 e. The van der Waals surface area contributed by atoms with Crippen molar-refractivity contribution >= 4 is 11.8 Å². The van der Waals surface area contributed by atoms with E-state index >= 15 is 0 Å². The number of hydrogen-bond donors (Lipinski definition) is 1. The van der Waals surface area contributed by atoms with Crippen LogP contribution in [-0.4, -0.2) is 35.4 Å². The van der Waals surface area contributed by atoms with E-state index in [4.69, 9.17) is 4.74 Å². The van der Waals surface area contributed by atoms with Gasteiger partial charge in [0.25, 0.3) is 5.91 Å². The van der Waals surface area contributed by atoms with Gasteiger partial charge in [-0.3, -0.25) is 9.59 Å². The Balaban J connectivity index is 1.91. The molecule has 5 heteroatoms. The number of amides is 2. The molecule has 1 N–H and O–H groups in total. The molecule has 0 aliphatic rings. The average molecular weight is 473 g/mol. The molecule has 184 valence electrons. The molecule has 0 spiro atoms. The summed E-state index contributed by atoms with van der Waals surface area (Å²) >= 11 is 0. The van der Waals surface area contributed by atoms with Gasteiger partial charge in [0.05, 0.1) is 0 Å². The van der Waals surface area contributed by atoms with Crippen LogP contribution in [0.4, 0.5) is 0 Å². The van der Waals surface area contributed by atoms with E-state index in [0.29, 0.717) is 18.7 Å². The first-order chi connectivity index (χ1) is 16.9. The summed E-state index contributed by atoms with van der Waals surface area (Å²) in [5.41, 5.74) is 4.07. The fourth-order valence-corrected chi connectivity index (χ4v) is 3.83. The molecule has 3 aromatic carbocycles. The Morgan fingerprint density at radius 2 is 1.54 bits per heavy atom. The molecule has 5 nitrogen and oxygen atoms in total. The van der Waals surface area contributed by atoms with Gasteiger partial charge in [0, 0.05) is 19.0 Å². The topological polar surface area (TPSA) is 58.6 Å². The number of carbonyl (C=O) groups excluding carboxylic acids is 2. The summed E-state index contributed by atoms with van der Waals surface area (Å²) < 4.78 is 5.90. The third-order valence-corrected chi connectivity index (χ3v) is 6.19. The monoisotopic (exact) mass is 472 g/mol. The Bertz CT molecular complexity index is 1100. The minimum absolute atomic E-state index is 0.0142. The fourth-order valence-electron chi connectivity index (χ4n) is 3.83. The zero-order valence-electron chi connectivity index (χ0n) is 21.2. The lowest BCUT2D eigenvalue weighted by Crippen LogP contribution is -2.53. The van der Waals surface area contributed by atoms with Crippen molar-refractivity contribution in [3.05, 3.63) is 101 Å². The number of para-hydroxylation sites is 1. The molecule has 0 aliphatic heterocycles. The molecule has 2 amide bonds. The fraction of sp³-hybridized carbons (Fsp3) is 0.333. The Labute approximate surface area is 209 Å². The lowest BCUT2D eigenvalue weighted by Gasteiger charge is -2.32. The summed E-state index contributed by atoms with van der Waals surface area (Å²) in [6, 6.07) is 24.8. The van der Waals surface area contributed by atoms with Crippen LogP contribution in [0, 0.1) is 13.8 Å². The van der Waals surface area contributed by atoms with Gasteiger partial charge < -0.3 is 15.0 Å². The molecule has 0 aliphatic carbocycles.